The summed E-state index contributed by atoms with van der Waals surface area (Å²) in [6, 6.07) is 16.6. The minimum Gasteiger partial charge on any atom is -0.469 e. The molecule has 3 aromatic rings. The molecule has 0 saturated heterocycles. The highest BCUT2D eigenvalue weighted by molar-refractivity contribution is 7.09. The second-order valence-electron chi connectivity index (χ2n) is 6.29. The zero-order valence-electron chi connectivity index (χ0n) is 14.6. The Bertz CT molecular complexity index is 776. The second kappa shape index (κ2) is 8.17. The number of aryl methyl sites for hydroxylation is 1. The molecule has 0 aliphatic rings. The summed E-state index contributed by atoms with van der Waals surface area (Å²) in [5.41, 5.74) is 2.46. The van der Waals surface area contributed by atoms with Gasteiger partial charge in [-0.2, -0.15) is 0 Å². The number of hydrogen-bond donors (Lipinski definition) is 0. The lowest BCUT2D eigenvalue weighted by Gasteiger charge is -2.23. The smallest absolute Gasteiger partial charge is 0.219 e. The van der Waals surface area contributed by atoms with E-state index in [0.717, 1.165) is 12.2 Å². The van der Waals surface area contributed by atoms with Crippen LogP contribution in [0.5, 0.6) is 0 Å². The minimum absolute atomic E-state index is 0.107. The standard InChI is InChI=1S/C21H23NO2S/c1-16-7-9-18(10-8-16)20(21-6-3-13-24-21)11-12-22(17(2)23)15-19-5-4-14-25-19/h3-10,13-14,20H,11-12,15H2,1-2H3. The molecular formula is C21H23NO2S. The molecule has 1 unspecified atom stereocenters. The second-order valence-corrected chi connectivity index (χ2v) is 7.32. The fourth-order valence-electron chi connectivity index (χ4n) is 2.98. The summed E-state index contributed by atoms with van der Waals surface area (Å²) in [7, 11) is 0. The van der Waals surface area contributed by atoms with Crippen LogP contribution in [0.4, 0.5) is 0 Å². The fraction of sp³-hybridized carbons (Fsp3) is 0.286. The van der Waals surface area contributed by atoms with Gasteiger partial charge in [-0.3, -0.25) is 4.79 Å². The molecule has 25 heavy (non-hydrogen) atoms. The molecule has 1 amide bonds. The van der Waals surface area contributed by atoms with E-state index in [4.69, 9.17) is 4.42 Å². The van der Waals surface area contributed by atoms with E-state index in [1.807, 2.05) is 28.5 Å². The van der Waals surface area contributed by atoms with E-state index in [-0.39, 0.29) is 11.8 Å². The average molecular weight is 353 g/mol. The number of benzene rings is 1. The lowest BCUT2D eigenvalue weighted by molar-refractivity contribution is -0.129. The first kappa shape index (κ1) is 17.5. The normalized spacial score (nSPS) is 12.1. The Labute approximate surface area is 152 Å². The monoisotopic (exact) mass is 353 g/mol. The summed E-state index contributed by atoms with van der Waals surface area (Å²) in [5.74, 6) is 1.21. The summed E-state index contributed by atoms with van der Waals surface area (Å²) in [5, 5.41) is 2.05. The zero-order chi connectivity index (χ0) is 17.6. The molecule has 1 atom stereocenters. The van der Waals surface area contributed by atoms with Crippen LogP contribution < -0.4 is 0 Å². The van der Waals surface area contributed by atoms with Gasteiger partial charge in [-0.05, 0) is 42.5 Å². The molecule has 0 aliphatic heterocycles. The molecule has 130 valence electrons. The number of hydrogen-bond acceptors (Lipinski definition) is 3. The Morgan fingerprint density at radius 3 is 2.56 bits per heavy atom. The van der Waals surface area contributed by atoms with E-state index in [9.17, 15) is 4.79 Å². The Balaban J connectivity index is 1.75. The van der Waals surface area contributed by atoms with Crippen molar-refractivity contribution in [2.45, 2.75) is 32.7 Å². The molecule has 0 aliphatic carbocycles. The molecule has 0 radical (unpaired) electrons. The molecule has 0 fully saturated rings. The number of furan rings is 1. The summed E-state index contributed by atoms with van der Waals surface area (Å²) >= 11 is 1.69. The van der Waals surface area contributed by atoms with E-state index in [1.165, 1.54) is 16.0 Å². The van der Waals surface area contributed by atoms with E-state index in [1.54, 1.807) is 24.5 Å². The number of carbonyl (C=O) groups excluding carboxylic acids is 1. The predicted octanol–water partition coefficient (Wildman–Crippen LogP) is 5.22. The van der Waals surface area contributed by atoms with Gasteiger partial charge in [-0.15, -0.1) is 11.3 Å². The van der Waals surface area contributed by atoms with Gasteiger partial charge < -0.3 is 9.32 Å². The van der Waals surface area contributed by atoms with Crippen molar-refractivity contribution in [3.05, 3.63) is 81.9 Å². The highest BCUT2D eigenvalue weighted by Gasteiger charge is 2.19. The molecule has 1 aromatic carbocycles. The summed E-state index contributed by atoms with van der Waals surface area (Å²) in [6.45, 7) is 5.10. The van der Waals surface area contributed by atoms with Gasteiger partial charge in [0.25, 0.3) is 0 Å². The maximum atomic E-state index is 12.1. The van der Waals surface area contributed by atoms with Crippen LogP contribution in [0.15, 0.2) is 64.6 Å². The molecule has 3 rings (SSSR count). The number of rotatable bonds is 7. The number of carbonyl (C=O) groups is 1. The zero-order valence-corrected chi connectivity index (χ0v) is 15.5. The predicted molar refractivity (Wildman–Crippen MR) is 102 cm³/mol. The topological polar surface area (TPSA) is 33.5 Å². The Kier molecular flexibility index (Phi) is 5.71. The van der Waals surface area contributed by atoms with Crippen molar-refractivity contribution in [2.24, 2.45) is 0 Å². The van der Waals surface area contributed by atoms with Gasteiger partial charge in [0.2, 0.25) is 5.91 Å². The maximum absolute atomic E-state index is 12.1. The van der Waals surface area contributed by atoms with Gasteiger partial charge >= 0.3 is 0 Å². The number of nitrogens with zero attached hydrogens (tertiary/aromatic N) is 1. The van der Waals surface area contributed by atoms with Crippen LogP contribution in [0.2, 0.25) is 0 Å². The van der Waals surface area contributed by atoms with Crippen molar-refractivity contribution >= 4 is 17.2 Å². The third-order valence-corrected chi connectivity index (χ3v) is 5.29. The summed E-state index contributed by atoms with van der Waals surface area (Å²) < 4.78 is 5.68. The first-order valence-electron chi connectivity index (χ1n) is 8.51. The fourth-order valence-corrected chi connectivity index (χ4v) is 3.70. The van der Waals surface area contributed by atoms with Crippen molar-refractivity contribution < 1.29 is 9.21 Å². The molecule has 0 spiro atoms. The first-order valence-corrected chi connectivity index (χ1v) is 9.39. The highest BCUT2D eigenvalue weighted by Crippen LogP contribution is 2.29. The van der Waals surface area contributed by atoms with Crippen LogP contribution in [0.25, 0.3) is 0 Å². The molecule has 2 heterocycles. The molecular weight excluding hydrogens is 330 g/mol. The first-order chi connectivity index (χ1) is 12.1. The van der Waals surface area contributed by atoms with Gasteiger partial charge in [-0.25, -0.2) is 0 Å². The van der Waals surface area contributed by atoms with Crippen molar-refractivity contribution in [1.82, 2.24) is 4.90 Å². The van der Waals surface area contributed by atoms with Crippen LogP contribution in [0, 0.1) is 6.92 Å². The van der Waals surface area contributed by atoms with Crippen molar-refractivity contribution in [1.29, 1.82) is 0 Å². The van der Waals surface area contributed by atoms with Gasteiger partial charge in [0.1, 0.15) is 5.76 Å². The Morgan fingerprint density at radius 1 is 1.16 bits per heavy atom. The lowest BCUT2D eigenvalue weighted by Crippen LogP contribution is -2.30. The SMILES string of the molecule is CC(=O)N(CCC(c1ccc(C)cc1)c1ccco1)Cc1cccs1. The van der Waals surface area contributed by atoms with Crippen molar-refractivity contribution in [2.75, 3.05) is 6.54 Å². The van der Waals surface area contributed by atoms with Crippen molar-refractivity contribution in [3.8, 4) is 0 Å². The van der Waals surface area contributed by atoms with Crippen LogP contribution >= 0.6 is 11.3 Å². The quantitative estimate of drug-likeness (QED) is 0.583. The van der Waals surface area contributed by atoms with Gasteiger partial charge in [0, 0.05) is 24.3 Å². The van der Waals surface area contributed by atoms with E-state index in [2.05, 4.69) is 37.3 Å². The van der Waals surface area contributed by atoms with Crippen LogP contribution in [0.1, 0.15) is 41.0 Å². The molecule has 2 aromatic heterocycles. The van der Waals surface area contributed by atoms with Gasteiger partial charge in [0.05, 0.1) is 12.8 Å². The van der Waals surface area contributed by atoms with Crippen LogP contribution in [-0.2, 0) is 11.3 Å². The molecule has 4 heteroatoms. The number of amides is 1. The van der Waals surface area contributed by atoms with Crippen LogP contribution in [-0.4, -0.2) is 17.4 Å². The lowest BCUT2D eigenvalue weighted by atomic mass is 9.92. The van der Waals surface area contributed by atoms with E-state index in [0.29, 0.717) is 13.1 Å². The van der Waals surface area contributed by atoms with Crippen molar-refractivity contribution in [3.63, 3.8) is 0 Å². The summed E-state index contributed by atoms with van der Waals surface area (Å²) in [4.78, 5) is 15.2. The van der Waals surface area contributed by atoms with E-state index < -0.39 is 0 Å². The maximum Gasteiger partial charge on any atom is 0.219 e. The Hall–Kier alpha value is -2.33. The molecule has 0 saturated carbocycles. The minimum atomic E-state index is 0.107. The van der Waals surface area contributed by atoms with E-state index >= 15 is 0 Å². The third kappa shape index (κ3) is 4.60. The molecule has 3 nitrogen and oxygen atoms in total. The Morgan fingerprint density at radius 2 is 1.96 bits per heavy atom. The van der Waals surface area contributed by atoms with Gasteiger partial charge in [-0.1, -0.05) is 35.9 Å². The highest BCUT2D eigenvalue weighted by atomic mass is 32.1. The average Bonchev–Trinajstić information content (AvgIpc) is 3.29. The van der Waals surface area contributed by atoms with Crippen LogP contribution in [0.3, 0.4) is 0 Å². The molecule has 0 bridgehead atoms. The number of thiophene rings is 1. The summed E-state index contributed by atoms with van der Waals surface area (Å²) in [6.07, 6.45) is 2.55. The molecule has 0 N–H and O–H groups in total. The largest absolute Gasteiger partial charge is 0.469 e. The third-order valence-electron chi connectivity index (χ3n) is 4.43. The van der Waals surface area contributed by atoms with Gasteiger partial charge in [0.15, 0.2) is 0 Å².